The zero-order valence-electron chi connectivity index (χ0n) is 12.5. The number of ether oxygens (including phenoxy) is 2. The average Bonchev–Trinajstić information content (AvgIpc) is 2.55. The number of nitrogens with one attached hydrogen (secondary N) is 1. The van der Waals surface area contributed by atoms with Crippen LogP contribution in [0.3, 0.4) is 0 Å². The summed E-state index contributed by atoms with van der Waals surface area (Å²) in [6, 6.07) is 6.56. The van der Waals surface area contributed by atoms with Crippen molar-refractivity contribution < 1.29 is 27.4 Å². The Balaban J connectivity index is 2.12. The van der Waals surface area contributed by atoms with Crippen molar-refractivity contribution in [3.63, 3.8) is 0 Å². The molecule has 7 heteroatoms. The van der Waals surface area contributed by atoms with Gasteiger partial charge in [0.2, 0.25) is 5.91 Å². The Morgan fingerprint density at radius 2 is 1.70 bits per heavy atom. The molecule has 23 heavy (non-hydrogen) atoms. The molecule has 0 saturated carbocycles. The summed E-state index contributed by atoms with van der Waals surface area (Å²) in [6.45, 7) is 0. The van der Waals surface area contributed by atoms with Crippen LogP contribution in [0.15, 0.2) is 30.3 Å². The van der Waals surface area contributed by atoms with Crippen LogP contribution >= 0.6 is 0 Å². The van der Waals surface area contributed by atoms with Crippen LogP contribution in [0.1, 0.15) is 5.56 Å². The Morgan fingerprint density at radius 3 is 2.35 bits per heavy atom. The molecule has 1 N–H and O–H groups in total. The standard InChI is InChI=1S/C16H14F3NO3/c1-22-12-6-3-9(7-13(12)23-2)8-14(21)20-11-5-4-10(17)15(18)16(11)19/h3-7H,8H2,1-2H3,(H,20,21). The third-order valence-electron chi connectivity index (χ3n) is 3.12. The number of hydrogen-bond donors (Lipinski definition) is 1. The second-order valence-electron chi connectivity index (χ2n) is 4.64. The lowest BCUT2D eigenvalue weighted by Gasteiger charge is -2.10. The lowest BCUT2D eigenvalue weighted by atomic mass is 10.1. The smallest absolute Gasteiger partial charge is 0.228 e. The monoisotopic (exact) mass is 325 g/mol. The van der Waals surface area contributed by atoms with Crippen LogP contribution < -0.4 is 14.8 Å². The van der Waals surface area contributed by atoms with Crippen molar-refractivity contribution >= 4 is 11.6 Å². The van der Waals surface area contributed by atoms with Crippen molar-refractivity contribution in [2.75, 3.05) is 19.5 Å². The van der Waals surface area contributed by atoms with E-state index in [1.165, 1.54) is 14.2 Å². The van der Waals surface area contributed by atoms with E-state index in [-0.39, 0.29) is 6.42 Å². The second-order valence-corrected chi connectivity index (χ2v) is 4.64. The number of carbonyl (C=O) groups excluding carboxylic acids is 1. The number of carbonyl (C=O) groups is 1. The predicted molar refractivity (Wildman–Crippen MR) is 78.2 cm³/mol. The van der Waals surface area contributed by atoms with Gasteiger partial charge in [0.05, 0.1) is 26.3 Å². The highest BCUT2D eigenvalue weighted by Gasteiger charge is 2.16. The Morgan fingerprint density at radius 1 is 1.00 bits per heavy atom. The largest absolute Gasteiger partial charge is 0.493 e. The fourth-order valence-electron chi connectivity index (χ4n) is 1.99. The van der Waals surface area contributed by atoms with Crippen LogP contribution in [0.2, 0.25) is 0 Å². The molecule has 2 rings (SSSR count). The normalized spacial score (nSPS) is 10.3. The van der Waals surface area contributed by atoms with E-state index in [1.54, 1.807) is 18.2 Å². The molecule has 0 unspecified atom stereocenters. The van der Waals surface area contributed by atoms with E-state index < -0.39 is 29.0 Å². The summed E-state index contributed by atoms with van der Waals surface area (Å²) >= 11 is 0. The van der Waals surface area contributed by atoms with Crippen LogP contribution in [-0.2, 0) is 11.2 Å². The summed E-state index contributed by atoms with van der Waals surface area (Å²) in [5.74, 6) is -4.03. The molecule has 2 aromatic rings. The van der Waals surface area contributed by atoms with Gasteiger partial charge in [-0.1, -0.05) is 6.07 Å². The van der Waals surface area contributed by atoms with Gasteiger partial charge in [-0.3, -0.25) is 4.79 Å². The maximum atomic E-state index is 13.5. The summed E-state index contributed by atoms with van der Waals surface area (Å²) in [4.78, 5) is 11.9. The van der Waals surface area contributed by atoms with Crippen molar-refractivity contribution in [2.45, 2.75) is 6.42 Å². The molecule has 0 aliphatic carbocycles. The van der Waals surface area contributed by atoms with Crippen molar-refractivity contribution in [2.24, 2.45) is 0 Å². The van der Waals surface area contributed by atoms with E-state index >= 15 is 0 Å². The highest BCUT2D eigenvalue weighted by atomic mass is 19.2. The van der Waals surface area contributed by atoms with Gasteiger partial charge in [0.1, 0.15) is 0 Å². The van der Waals surface area contributed by atoms with Gasteiger partial charge in [0, 0.05) is 0 Å². The van der Waals surface area contributed by atoms with Crippen LogP contribution in [0, 0.1) is 17.5 Å². The number of anilines is 1. The first-order chi connectivity index (χ1) is 11.0. The molecule has 0 aromatic heterocycles. The fourth-order valence-corrected chi connectivity index (χ4v) is 1.99. The molecule has 1 amide bonds. The molecule has 0 atom stereocenters. The van der Waals surface area contributed by atoms with E-state index in [2.05, 4.69) is 5.32 Å². The number of amides is 1. The molecule has 4 nitrogen and oxygen atoms in total. The van der Waals surface area contributed by atoms with Gasteiger partial charge in [-0.05, 0) is 29.8 Å². The van der Waals surface area contributed by atoms with Gasteiger partial charge in [0.25, 0.3) is 0 Å². The quantitative estimate of drug-likeness (QED) is 0.858. The third kappa shape index (κ3) is 3.74. The Kier molecular flexibility index (Phi) is 5.10. The van der Waals surface area contributed by atoms with E-state index in [4.69, 9.17) is 9.47 Å². The molecule has 0 fully saturated rings. The molecule has 122 valence electrons. The molecular formula is C16H14F3NO3. The van der Waals surface area contributed by atoms with Crippen molar-refractivity contribution in [3.8, 4) is 11.5 Å². The minimum absolute atomic E-state index is 0.0984. The molecule has 0 bridgehead atoms. The molecule has 0 aliphatic heterocycles. The topological polar surface area (TPSA) is 47.6 Å². The number of halogens is 3. The van der Waals surface area contributed by atoms with Gasteiger partial charge in [-0.25, -0.2) is 13.2 Å². The SMILES string of the molecule is COc1ccc(CC(=O)Nc2ccc(F)c(F)c2F)cc1OC. The van der Waals surface area contributed by atoms with E-state index in [0.717, 1.165) is 12.1 Å². The molecule has 2 aromatic carbocycles. The molecule has 0 radical (unpaired) electrons. The lowest BCUT2D eigenvalue weighted by molar-refractivity contribution is -0.115. The van der Waals surface area contributed by atoms with E-state index in [0.29, 0.717) is 17.1 Å². The summed E-state index contributed by atoms with van der Waals surface area (Å²) in [7, 11) is 2.94. The van der Waals surface area contributed by atoms with Crippen molar-refractivity contribution in [1.82, 2.24) is 0 Å². The molecule has 0 heterocycles. The zero-order chi connectivity index (χ0) is 17.0. The zero-order valence-corrected chi connectivity index (χ0v) is 12.5. The second kappa shape index (κ2) is 7.04. The maximum absolute atomic E-state index is 13.5. The van der Waals surface area contributed by atoms with Crippen molar-refractivity contribution in [3.05, 3.63) is 53.3 Å². The summed E-state index contributed by atoms with van der Waals surface area (Å²) in [5, 5.41) is 2.20. The summed E-state index contributed by atoms with van der Waals surface area (Å²) in [6.07, 6.45) is -0.0984. The predicted octanol–water partition coefficient (Wildman–Crippen LogP) is 3.30. The minimum Gasteiger partial charge on any atom is -0.493 e. The van der Waals surface area contributed by atoms with Crippen LogP contribution in [0.4, 0.5) is 18.9 Å². The Labute approximate surface area is 130 Å². The highest BCUT2D eigenvalue weighted by Crippen LogP contribution is 2.28. The first-order valence-corrected chi connectivity index (χ1v) is 6.60. The van der Waals surface area contributed by atoms with Gasteiger partial charge in [-0.15, -0.1) is 0 Å². The Hall–Kier alpha value is -2.70. The van der Waals surface area contributed by atoms with E-state index in [9.17, 15) is 18.0 Å². The first-order valence-electron chi connectivity index (χ1n) is 6.60. The number of hydrogen-bond acceptors (Lipinski definition) is 3. The minimum atomic E-state index is -1.63. The van der Waals surface area contributed by atoms with Crippen LogP contribution in [0.25, 0.3) is 0 Å². The average molecular weight is 325 g/mol. The highest BCUT2D eigenvalue weighted by molar-refractivity contribution is 5.92. The molecule has 0 saturated heterocycles. The molecular weight excluding hydrogens is 311 g/mol. The van der Waals surface area contributed by atoms with Gasteiger partial charge >= 0.3 is 0 Å². The fraction of sp³-hybridized carbons (Fsp3) is 0.188. The van der Waals surface area contributed by atoms with Crippen LogP contribution in [-0.4, -0.2) is 20.1 Å². The van der Waals surface area contributed by atoms with E-state index in [1.807, 2.05) is 0 Å². The number of methoxy groups -OCH3 is 2. The number of benzene rings is 2. The number of rotatable bonds is 5. The molecule has 0 spiro atoms. The first kappa shape index (κ1) is 16.7. The lowest BCUT2D eigenvalue weighted by Crippen LogP contribution is -2.16. The van der Waals surface area contributed by atoms with Gasteiger partial charge in [-0.2, -0.15) is 0 Å². The van der Waals surface area contributed by atoms with Crippen molar-refractivity contribution in [1.29, 1.82) is 0 Å². The maximum Gasteiger partial charge on any atom is 0.228 e. The third-order valence-corrected chi connectivity index (χ3v) is 3.12. The summed E-state index contributed by atoms with van der Waals surface area (Å²) < 4.78 is 49.7. The Bertz CT molecular complexity index is 735. The van der Waals surface area contributed by atoms with Crippen LogP contribution in [0.5, 0.6) is 11.5 Å². The van der Waals surface area contributed by atoms with Gasteiger partial charge in [0.15, 0.2) is 29.0 Å². The molecule has 0 aliphatic rings. The summed E-state index contributed by atoms with van der Waals surface area (Å²) in [5.41, 5.74) is 0.164. The van der Waals surface area contributed by atoms with Gasteiger partial charge < -0.3 is 14.8 Å².